The molecule has 31 heavy (non-hydrogen) atoms. The SMILES string of the molecule is CC(C)S(=O)(=O)c1ccc(CC(=O)N2CCN(CCNC(=O)c3ccsc3)CC2)cc1. The van der Waals surface area contributed by atoms with Crippen LogP contribution in [0.4, 0.5) is 0 Å². The molecule has 1 fully saturated rings. The lowest BCUT2D eigenvalue weighted by Crippen LogP contribution is -2.50. The van der Waals surface area contributed by atoms with Gasteiger partial charge in [-0.2, -0.15) is 11.3 Å². The Balaban J connectivity index is 1.41. The molecule has 1 aliphatic rings. The number of rotatable bonds is 8. The summed E-state index contributed by atoms with van der Waals surface area (Å²) in [5.41, 5.74) is 1.50. The predicted octanol–water partition coefficient (Wildman–Crippen LogP) is 2.05. The van der Waals surface area contributed by atoms with E-state index >= 15 is 0 Å². The van der Waals surface area contributed by atoms with Crippen molar-refractivity contribution in [3.8, 4) is 0 Å². The minimum Gasteiger partial charge on any atom is -0.351 e. The van der Waals surface area contributed by atoms with E-state index in [2.05, 4.69) is 10.2 Å². The van der Waals surface area contributed by atoms with Gasteiger partial charge in [0.05, 0.1) is 16.6 Å². The Kier molecular flexibility index (Phi) is 7.85. The number of carbonyl (C=O) groups excluding carboxylic acids is 2. The lowest BCUT2D eigenvalue weighted by Gasteiger charge is -2.34. The van der Waals surface area contributed by atoms with Gasteiger partial charge in [0.2, 0.25) is 5.91 Å². The van der Waals surface area contributed by atoms with Crippen molar-refractivity contribution in [2.45, 2.75) is 30.4 Å². The first kappa shape index (κ1) is 23.4. The first-order chi connectivity index (χ1) is 14.8. The minimum absolute atomic E-state index is 0.0462. The van der Waals surface area contributed by atoms with Gasteiger partial charge in [0, 0.05) is 50.2 Å². The quantitative estimate of drug-likeness (QED) is 0.648. The number of benzene rings is 1. The summed E-state index contributed by atoms with van der Waals surface area (Å²) in [6.07, 6.45) is 0.263. The Hall–Kier alpha value is -2.23. The number of amides is 2. The van der Waals surface area contributed by atoms with Crippen LogP contribution < -0.4 is 5.32 Å². The number of carbonyl (C=O) groups is 2. The molecule has 1 aliphatic heterocycles. The highest BCUT2D eigenvalue weighted by Crippen LogP contribution is 2.17. The number of thiophene rings is 1. The zero-order valence-corrected chi connectivity index (χ0v) is 19.5. The van der Waals surface area contributed by atoms with Crippen LogP contribution in [0, 0.1) is 0 Å². The maximum absolute atomic E-state index is 12.6. The number of piperazine rings is 1. The zero-order chi connectivity index (χ0) is 22.4. The average Bonchev–Trinajstić information content (AvgIpc) is 3.29. The molecule has 0 radical (unpaired) electrons. The van der Waals surface area contributed by atoms with E-state index in [0.717, 1.165) is 25.2 Å². The van der Waals surface area contributed by atoms with Crippen molar-refractivity contribution in [3.63, 3.8) is 0 Å². The van der Waals surface area contributed by atoms with Crippen LogP contribution in [0.1, 0.15) is 29.8 Å². The van der Waals surface area contributed by atoms with Gasteiger partial charge in [0.25, 0.3) is 5.91 Å². The second-order valence-electron chi connectivity index (χ2n) is 7.90. The van der Waals surface area contributed by atoms with E-state index in [0.29, 0.717) is 30.1 Å². The molecule has 0 unspecified atom stereocenters. The molecular weight excluding hydrogens is 434 g/mol. The van der Waals surface area contributed by atoms with E-state index in [1.54, 1.807) is 44.2 Å². The van der Waals surface area contributed by atoms with Crippen LogP contribution >= 0.6 is 11.3 Å². The number of hydrogen-bond acceptors (Lipinski definition) is 6. The van der Waals surface area contributed by atoms with Gasteiger partial charge in [0.15, 0.2) is 9.84 Å². The number of sulfone groups is 1. The topological polar surface area (TPSA) is 86.8 Å². The van der Waals surface area contributed by atoms with E-state index < -0.39 is 15.1 Å². The molecule has 7 nitrogen and oxygen atoms in total. The average molecular weight is 464 g/mol. The summed E-state index contributed by atoms with van der Waals surface area (Å²) in [6.45, 7) is 7.48. The molecule has 1 aromatic heterocycles. The van der Waals surface area contributed by atoms with Crippen molar-refractivity contribution in [2.24, 2.45) is 0 Å². The molecule has 0 saturated carbocycles. The van der Waals surface area contributed by atoms with Crippen molar-refractivity contribution in [2.75, 3.05) is 39.3 Å². The van der Waals surface area contributed by atoms with Crippen molar-refractivity contribution in [3.05, 3.63) is 52.2 Å². The summed E-state index contributed by atoms with van der Waals surface area (Å²) in [5, 5.41) is 6.16. The molecule has 1 saturated heterocycles. The van der Waals surface area contributed by atoms with Gasteiger partial charge in [-0.1, -0.05) is 12.1 Å². The molecule has 0 atom stereocenters. The molecule has 2 aromatic rings. The molecule has 2 heterocycles. The number of hydrogen-bond donors (Lipinski definition) is 1. The van der Waals surface area contributed by atoms with Gasteiger partial charge in [-0.3, -0.25) is 14.5 Å². The van der Waals surface area contributed by atoms with E-state index in [9.17, 15) is 18.0 Å². The predicted molar refractivity (Wildman–Crippen MR) is 122 cm³/mol. The second-order valence-corrected chi connectivity index (χ2v) is 11.2. The van der Waals surface area contributed by atoms with Crippen LogP contribution in [-0.4, -0.2) is 74.6 Å². The molecule has 168 valence electrons. The Bertz CT molecular complexity index is 978. The Morgan fingerprint density at radius 1 is 1.06 bits per heavy atom. The summed E-state index contributed by atoms with van der Waals surface area (Å²) < 4.78 is 24.4. The van der Waals surface area contributed by atoms with Crippen LogP contribution in [0.3, 0.4) is 0 Å². The van der Waals surface area contributed by atoms with Crippen molar-refractivity contribution >= 4 is 33.0 Å². The molecule has 1 N–H and O–H groups in total. The highest BCUT2D eigenvalue weighted by molar-refractivity contribution is 7.92. The summed E-state index contributed by atoms with van der Waals surface area (Å²) in [4.78, 5) is 29.0. The third-order valence-corrected chi connectivity index (χ3v) is 8.30. The Labute approximate surface area is 188 Å². The fourth-order valence-corrected chi connectivity index (χ4v) is 5.10. The largest absolute Gasteiger partial charge is 0.351 e. The minimum atomic E-state index is -3.30. The summed E-state index contributed by atoms with van der Waals surface area (Å²) in [7, 11) is -3.30. The van der Waals surface area contributed by atoms with Gasteiger partial charge >= 0.3 is 0 Å². The van der Waals surface area contributed by atoms with Crippen LogP contribution in [0.15, 0.2) is 46.0 Å². The molecular formula is C22H29N3O4S2. The lowest BCUT2D eigenvalue weighted by atomic mass is 10.1. The molecule has 9 heteroatoms. The van der Waals surface area contributed by atoms with E-state index in [4.69, 9.17) is 0 Å². The van der Waals surface area contributed by atoms with Gasteiger partial charge in [0.1, 0.15) is 0 Å². The Morgan fingerprint density at radius 3 is 2.32 bits per heavy atom. The Morgan fingerprint density at radius 2 is 1.74 bits per heavy atom. The highest BCUT2D eigenvalue weighted by atomic mass is 32.2. The monoisotopic (exact) mass is 463 g/mol. The molecule has 2 amide bonds. The summed E-state index contributed by atoms with van der Waals surface area (Å²) >= 11 is 1.50. The third kappa shape index (κ3) is 6.15. The highest BCUT2D eigenvalue weighted by Gasteiger charge is 2.22. The van der Waals surface area contributed by atoms with Crippen molar-refractivity contribution in [1.29, 1.82) is 0 Å². The fourth-order valence-electron chi connectivity index (χ4n) is 3.40. The normalized spacial score (nSPS) is 15.3. The third-order valence-electron chi connectivity index (χ3n) is 5.45. The standard InChI is InChI=1S/C22H29N3O4S2/c1-17(2)31(28,29)20-5-3-18(4-6-20)15-21(26)25-12-10-24(11-13-25)9-8-23-22(27)19-7-14-30-16-19/h3-7,14,16-17H,8-13,15H2,1-2H3,(H,23,27). The van der Waals surface area contributed by atoms with Gasteiger partial charge in [-0.05, 0) is 43.0 Å². The molecule has 1 aromatic carbocycles. The summed E-state index contributed by atoms with van der Waals surface area (Å²) in [6, 6.07) is 8.42. The first-order valence-corrected chi connectivity index (χ1v) is 12.9. The van der Waals surface area contributed by atoms with E-state index in [1.165, 1.54) is 11.3 Å². The van der Waals surface area contributed by atoms with Crippen LogP contribution in [0.5, 0.6) is 0 Å². The molecule has 0 aliphatic carbocycles. The number of nitrogens with zero attached hydrogens (tertiary/aromatic N) is 2. The van der Waals surface area contributed by atoms with Crippen LogP contribution in [-0.2, 0) is 21.1 Å². The van der Waals surface area contributed by atoms with E-state index in [-0.39, 0.29) is 18.2 Å². The summed E-state index contributed by atoms with van der Waals surface area (Å²) in [5.74, 6) is -0.00727. The van der Waals surface area contributed by atoms with Gasteiger partial charge < -0.3 is 10.2 Å². The lowest BCUT2D eigenvalue weighted by molar-refractivity contribution is -0.132. The number of nitrogens with one attached hydrogen (secondary N) is 1. The van der Waals surface area contributed by atoms with Crippen LogP contribution in [0.2, 0.25) is 0 Å². The first-order valence-electron chi connectivity index (χ1n) is 10.4. The van der Waals surface area contributed by atoms with Crippen molar-refractivity contribution < 1.29 is 18.0 Å². The smallest absolute Gasteiger partial charge is 0.252 e. The fraction of sp³-hybridized carbons (Fsp3) is 0.455. The maximum atomic E-state index is 12.6. The molecule has 3 rings (SSSR count). The van der Waals surface area contributed by atoms with Crippen molar-refractivity contribution in [1.82, 2.24) is 15.1 Å². The van der Waals surface area contributed by atoms with E-state index in [1.807, 2.05) is 15.7 Å². The van der Waals surface area contributed by atoms with Crippen LogP contribution in [0.25, 0.3) is 0 Å². The second kappa shape index (κ2) is 10.4. The van der Waals surface area contributed by atoms with Gasteiger partial charge in [-0.15, -0.1) is 0 Å². The zero-order valence-electron chi connectivity index (χ0n) is 17.9. The molecule has 0 spiro atoms. The maximum Gasteiger partial charge on any atom is 0.252 e. The molecule has 0 bridgehead atoms. The van der Waals surface area contributed by atoms with Gasteiger partial charge in [-0.25, -0.2) is 8.42 Å².